The van der Waals surface area contributed by atoms with Crippen LogP contribution >= 0.6 is 15.9 Å². The van der Waals surface area contributed by atoms with Crippen LogP contribution in [0, 0.1) is 0 Å². The van der Waals surface area contributed by atoms with Gasteiger partial charge < -0.3 is 15.2 Å². The van der Waals surface area contributed by atoms with E-state index in [0.29, 0.717) is 33.4 Å². The molecule has 5 heteroatoms. The van der Waals surface area contributed by atoms with E-state index >= 15 is 0 Å². The van der Waals surface area contributed by atoms with Gasteiger partial charge in [0.1, 0.15) is 11.5 Å². The SMILES string of the molecule is COc1ccc(Br)c(NC=O)c1-c1ccccc1O. The van der Waals surface area contributed by atoms with Crippen LogP contribution in [0.25, 0.3) is 11.1 Å². The van der Waals surface area contributed by atoms with Crippen LogP contribution in [0.1, 0.15) is 0 Å². The van der Waals surface area contributed by atoms with Crippen molar-refractivity contribution in [2.75, 3.05) is 12.4 Å². The highest BCUT2D eigenvalue weighted by atomic mass is 79.9. The predicted octanol–water partition coefficient (Wildman–Crippen LogP) is 3.40. The average Bonchev–Trinajstić information content (AvgIpc) is 2.42. The summed E-state index contributed by atoms with van der Waals surface area (Å²) in [7, 11) is 1.54. The van der Waals surface area contributed by atoms with Crippen molar-refractivity contribution in [3.63, 3.8) is 0 Å². The summed E-state index contributed by atoms with van der Waals surface area (Å²) in [5.41, 5.74) is 1.77. The van der Waals surface area contributed by atoms with Crippen molar-refractivity contribution in [3.05, 3.63) is 40.9 Å². The van der Waals surface area contributed by atoms with Crippen molar-refractivity contribution in [2.45, 2.75) is 0 Å². The van der Waals surface area contributed by atoms with Crippen LogP contribution in [0.3, 0.4) is 0 Å². The predicted molar refractivity (Wildman–Crippen MR) is 77.5 cm³/mol. The van der Waals surface area contributed by atoms with Gasteiger partial charge in [-0.1, -0.05) is 18.2 Å². The summed E-state index contributed by atoms with van der Waals surface area (Å²) in [6.07, 6.45) is 0.586. The molecular formula is C14H12BrNO3. The molecule has 0 fully saturated rings. The molecule has 0 aliphatic carbocycles. The van der Waals surface area contributed by atoms with Gasteiger partial charge in [-0.05, 0) is 34.1 Å². The number of hydrogen-bond donors (Lipinski definition) is 2. The second-order valence-corrected chi connectivity index (χ2v) is 4.63. The fraction of sp³-hybridized carbons (Fsp3) is 0.0714. The number of benzene rings is 2. The average molecular weight is 322 g/mol. The zero-order valence-electron chi connectivity index (χ0n) is 10.2. The van der Waals surface area contributed by atoms with E-state index in [1.807, 2.05) is 0 Å². The molecule has 2 aromatic carbocycles. The Morgan fingerprint density at radius 3 is 2.63 bits per heavy atom. The van der Waals surface area contributed by atoms with Gasteiger partial charge in [0.15, 0.2) is 0 Å². The summed E-state index contributed by atoms with van der Waals surface area (Å²) in [4.78, 5) is 10.8. The summed E-state index contributed by atoms with van der Waals surface area (Å²) in [5.74, 6) is 0.682. The maximum Gasteiger partial charge on any atom is 0.211 e. The molecule has 2 aromatic rings. The largest absolute Gasteiger partial charge is 0.507 e. The first-order valence-corrected chi connectivity index (χ1v) is 6.33. The Bertz CT molecular complexity index is 614. The van der Waals surface area contributed by atoms with E-state index in [0.717, 1.165) is 0 Å². The first-order valence-electron chi connectivity index (χ1n) is 5.54. The van der Waals surface area contributed by atoms with E-state index in [1.165, 1.54) is 7.11 Å². The third-order valence-electron chi connectivity index (χ3n) is 2.71. The number of methoxy groups -OCH3 is 1. The molecule has 0 spiro atoms. The molecular weight excluding hydrogens is 310 g/mol. The highest BCUT2D eigenvalue weighted by Gasteiger charge is 2.17. The van der Waals surface area contributed by atoms with Crippen molar-refractivity contribution in [1.82, 2.24) is 0 Å². The third kappa shape index (κ3) is 2.56. The molecule has 0 radical (unpaired) electrons. The first kappa shape index (κ1) is 13.4. The third-order valence-corrected chi connectivity index (χ3v) is 3.37. The molecule has 0 bridgehead atoms. The van der Waals surface area contributed by atoms with Crippen molar-refractivity contribution in [1.29, 1.82) is 0 Å². The monoisotopic (exact) mass is 321 g/mol. The molecule has 0 unspecified atom stereocenters. The number of phenolic OH excluding ortho intramolecular Hbond substituents is 1. The van der Waals surface area contributed by atoms with E-state index in [1.54, 1.807) is 36.4 Å². The number of aromatic hydroxyl groups is 1. The molecule has 0 saturated carbocycles. The first-order chi connectivity index (χ1) is 9.19. The standard InChI is InChI=1S/C14H12BrNO3/c1-19-12-7-6-10(15)14(16-8-17)13(12)9-4-2-3-5-11(9)18/h2-8,18H,1H3,(H,16,17). The van der Waals surface area contributed by atoms with Crippen LogP contribution in [-0.2, 0) is 4.79 Å². The maximum atomic E-state index is 10.8. The summed E-state index contributed by atoms with van der Waals surface area (Å²) < 4.78 is 6.02. The number of carbonyl (C=O) groups excluding carboxylic acids is 1. The molecule has 19 heavy (non-hydrogen) atoms. The van der Waals surface area contributed by atoms with Crippen LogP contribution in [-0.4, -0.2) is 18.6 Å². The fourth-order valence-corrected chi connectivity index (χ4v) is 2.33. The smallest absolute Gasteiger partial charge is 0.211 e. The Labute approximate surface area is 119 Å². The fourth-order valence-electron chi connectivity index (χ4n) is 1.88. The normalized spacial score (nSPS) is 10.0. The van der Waals surface area contributed by atoms with Crippen LogP contribution in [0.5, 0.6) is 11.5 Å². The van der Waals surface area contributed by atoms with E-state index in [-0.39, 0.29) is 5.75 Å². The Kier molecular flexibility index (Phi) is 4.06. The lowest BCUT2D eigenvalue weighted by molar-refractivity contribution is -0.105. The van der Waals surface area contributed by atoms with Gasteiger partial charge in [-0.3, -0.25) is 4.79 Å². The van der Waals surface area contributed by atoms with Gasteiger partial charge in [0.25, 0.3) is 0 Å². The molecule has 4 nitrogen and oxygen atoms in total. The Hall–Kier alpha value is -2.01. The summed E-state index contributed by atoms with van der Waals surface area (Å²) in [6.45, 7) is 0. The number of anilines is 1. The lowest BCUT2D eigenvalue weighted by Crippen LogP contribution is -2.00. The van der Waals surface area contributed by atoms with Crippen LogP contribution in [0.15, 0.2) is 40.9 Å². The number of carbonyl (C=O) groups is 1. The maximum absolute atomic E-state index is 10.8. The van der Waals surface area contributed by atoms with Gasteiger partial charge in [-0.25, -0.2) is 0 Å². The van der Waals surface area contributed by atoms with Gasteiger partial charge in [0.2, 0.25) is 6.41 Å². The molecule has 0 aromatic heterocycles. The van der Waals surface area contributed by atoms with E-state index < -0.39 is 0 Å². The van der Waals surface area contributed by atoms with Gasteiger partial charge in [-0.2, -0.15) is 0 Å². The van der Waals surface area contributed by atoms with Crippen LogP contribution < -0.4 is 10.1 Å². The van der Waals surface area contributed by atoms with Gasteiger partial charge in [-0.15, -0.1) is 0 Å². The minimum Gasteiger partial charge on any atom is -0.507 e. The van der Waals surface area contributed by atoms with Crippen molar-refractivity contribution < 1.29 is 14.6 Å². The Balaban J connectivity index is 2.75. The number of para-hydroxylation sites is 1. The molecule has 1 amide bonds. The second kappa shape index (κ2) is 5.75. The van der Waals surface area contributed by atoms with Gasteiger partial charge in [0.05, 0.1) is 18.4 Å². The zero-order chi connectivity index (χ0) is 13.8. The quantitative estimate of drug-likeness (QED) is 0.848. The molecule has 2 N–H and O–H groups in total. The van der Waals surface area contributed by atoms with E-state index in [2.05, 4.69) is 21.2 Å². The van der Waals surface area contributed by atoms with Gasteiger partial charge >= 0.3 is 0 Å². The highest BCUT2D eigenvalue weighted by molar-refractivity contribution is 9.10. The molecule has 0 aliphatic heterocycles. The van der Waals surface area contributed by atoms with Crippen molar-refractivity contribution in [3.8, 4) is 22.6 Å². The number of hydrogen-bond acceptors (Lipinski definition) is 3. The minimum atomic E-state index is 0.118. The number of rotatable bonds is 4. The molecule has 0 atom stereocenters. The lowest BCUT2D eigenvalue weighted by Gasteiger charge is -2.16. The molecule has 98 valence electrons. The summed E-state index contributed by atoms with van der Waals surface area (Å²) in [6, 6.07) is 10.4. The number of halogens is 1. The number of amides is 1. The number of phenols is 1. The molecule has 0 aliphatic rings. The zero-order valence-corrected chi connectivity index (χ0v) is 11.8. The van der Waals surface area contributed by atoms with Crippen LogP contribution in [0.2, 0.25) is 0 Å². The van der Waals surface area contributed by atoms with E-state index in [9.17, 15) is 9.90 Å². The van der Waals surface area contributed by atoms with Crippen LogP contribution in [0.4, 0.5) is 5.69 Å². The lowest BCUT2D eigenvalue weighted by atomic mass is 10.0. The number of ether oxygens (including phenoxy) is 1. The Morgan fingerprint density at radius 1 is 1.26 bits per heavy atom. The second-order valence-electron chi connectivity index (χ2n) is 3.78. The highest BCUT2D eigenvalue weighted by Crippen LogP contribution is 2.44. The van der Waals surface area contributed by atoms with Crippen molar-refractivity contribution >= 4 is 28.0 Å². The molecule has 0 saturated heterocycles. The van der Waals surface area contributed by atoms with E-state index in [4.69, 9.17) is 4.74 Å². The number of nitrogens with one attached hydrogen (secondary N) is 1. The topological polar surface area (TPSA) is 58.6 Å². The van der Waals surface area contributed by atoms with Gasteiger partial charge in [0, 0.05) is 10.0 Å². The Morgan fingerprint density at radius 2 is 2.00 bits per heavy atom. The summed E-state index contributed by atoms with van der Waals surface area (Å²) >= 11 is 3.37. The summed E-state index contributed by atoms with van der Waals surface area (Å²) in [5, 5.41) is 12.6. The molecule has 2 rings (SSSR count). The minimum absolute atomic E-state index is 0.118. The van der Waals surface area contributed by atoms with Crippen molar-refractivity contribution in [2.24, 2.45) is 0 Å². The molecule has 0 heterocycles.